The van der Waals surface area contributed by atoms with Crippen LogP contribution in [0.4, 0.5) is 0 Å². The smallest absolute Gasteiger partial charge is 0.0772 e. The fourth-order valence-corrected chi connectivity index (χ4v) is 2.05. The van der Waals surface area contributed by atoms with Crippen LogP contribution in [-0.4, -0.2) is 9.97 Å². The summed E-state index contributed by atoms with van der Waals surface area (Å²) in [6.07, 6.45) is 5.50. The SMILES string of the molecule is NNC(Cc1cc(Cl)ccc1Cl)c1cnccn1. The van der Waals surface area contributed by atoms with Crippen LogP contribution in [0.3, 0.4) is 0 Å². The second-order valence-corrected chi connectivity index (χ2v) is 4.63. The topological polar surface area (TPSA) is 63.8 Å². The minimum atomic E-state index is -0.158. The van der Waals surface area contributed by atoms with Crippen LogP contribution in [0.1, 0.15) is 17.3 Å². The fourth-order valence-electron chi connectivity index (χ4n) is 1.66. The van der Waals surface area contributed by atoms with Gasteiger partial charge in [-0.15, -0.1) is 0 Å². The molecule has 0 aliphatic carbocycles. The highest BCUT2D eigenvalue weighted by Crippen LogP contribution is 2.25. The lowest BCUT2D eigenvalue weighted by Gasteiger charge is -2.15. The third-order valence-corrected chi connectivity index (χ3v) is 3.18. The van der Waals surface area contributed by atoms with E-state index in [4.69, 9.17) is 29.0 Å². The van der Waals surface area contributed by atoms with E-state index in [1.54, 1.807) is 30.7 Å². The number of halogens is 2. The van der Waals surface area contributed by atoms with Gasteiger partial charge >= 0.3 is 0 Å². The zero-order valence-electron chi connectivity index (χ0n) is 9.48. The molecule has 0 spiro atoms. The summed E-state index contributed by atoms with van der Waals surface area (Å²) in [6.45, 7) is 0. The first-order valence-corrected chi connectivity index (χ1v) is 6.12. The molecule has 0 saturated carbocycles. The van der Waals surface area contributed by atoms with Gasteiger partial charge in [0.15, 0.2) is 0 Å². The van der Waals surface area contributed by atoms with Gasteiger partial charge in [0, 0.05) is 22.4 Å². The molecule has 1 heterocycles. The Bertz CT molecular complexity index is 519. The van der Waals surface area contributed by atoms with E-state index in [9.17, 15) is 0 Å². The Hall–Kier alpha value is -1.20. The molecular weight excluding hydrogens is 271 g/mol. The molecule has 2 rings (SSSR count). The molecular formula is C12H12Cl2N4. The van der Waals surface area contributed by atoms with Gasteiger partial charge in [-0.2, -0.15) is 0 Å². The molecule has 2 aromatic rings. The predicted octanol–water partition coefficient (Wildman–Crippen LogP) is 2.53. The minimum Gasteiger partial charge on any atom is -0.271 e. The van der Waals surface area contributed by atoms with Gasteiger partial charge in [-0.3, -0.25) is 21.2 Å². The molecule has 3 N–H and O–H groups in total. The first-order chi connectivity index (χ1) is 8.70. The van der Waals surface area contributed by atoms with Gasteiger partial charge in [-0.05, 0) is 30.2 Å². The summed E-state index contributed by atoms with van der Waals surface area (Å²) in [7, 11) is 0. The molecule has 18 heavy (non-hydrogen) atoms. The zero-order valence-corrected chi connectivity index (χ0v) is 11.0. The molecule has 0 bridgehead atoms. The van der Waals surface area contributed by atoms with Crippen molar-refractivity contribution in [1.82, 2.24) is 15.4 Å². The van der Waals surface area contributed by atoms with Crippen molar-refractivity contribution in [2.45, 2.75) is 12.5 Å². The maximum absolute atomic E-state index is 6.12. The van der Waals surface area contributed by atoms with Crippen LogP contribution >= 0.6 is 23.2 Å². The molecule has 6 heteroatoms. The monoisotopic (exact) mass is 282 g/mol. The van der Waals surface area contributed by atoms with Crippen molar-refractivity contribution in [3.63, 3.8) is 0 Å². The van der Waals surface area contributed by atoms with Gasteiger partial charge in [0.05, 0.1) is 17.9 Å². The second-order valence-electron chi connectivity index (χ2n) is 3.79. The number of hydrogen-bond acceptors (Lipinski definition) is 4. The first-order valence-electron chi connectivity index (χ1n) is 5.36. The van der Waals surface area contributed by atoms with Gasteiger partial charge in [0.2, 0.25) is 0 Å². The summed E-state index contributed by atoms with van der Waals surface area (Å²) in [6, 6.07) is 5.18. The van der Waals surface area contributed by atoms with Gasteiger partial charge in [-0.25, -0.2) is 0 Å². The van der Waals surface area contributed by atoms with Gasteiger partial charge in [0.25, 0.3) is 0 Å². The quantitative estimate of drug-likeness (QED) is 0.668. The van der Waals surface area contributed by atoms with E-state index in [0.717, 1.165) is 11.3 Å². The van der Waals surface area contributed by atoms with Crippen LogP contribution in [-0.2, 0) is 6.42 Å². The Morgan fingerprint density at radius 2 is 2.11 bits per heavy atom. The first kappa shape index (κ1) is 13.2. The third-order valence-electron chi connectivity index (χ3n) is 2.57. The lowest BCUT2D eigenvalue weighted by atomic mass is 10.0. The van der Waals surface area contributed by atoms with E-state index in [0.29, 0.717) is 16.5 Å². The highest BCUT2D eigenvalue weighted by molar-refractivity contribution is 6.33. The minimum absolute atomic E-state index is 0.158. The van der Waals surface area contributed by atoms with E-state index >= 15 is 0 Å². The summed E-state index contributed by atoms with van der Waals surface area (Å²) in [5, 5.41) is 1.30. The number of hydrogen-bond donors (Lipinski definition) is 2. The van der Waals surface area contributed by atoms with E-state index in [1.165, 1.54) is 0 Å². The third kappa shape index (κ3) is 3.17. The predicted molar refractivity (Wildman–Crippen MR) is 72.3 cm³/mol. The van der Waals surface area contributed by atoms with Crippen molar-refractivity contribution in [2.75, 3.05) is 0 Å². The van der Waals surface area contributed by atoms with E-state index in [2.05, 4.69) is 15.4 Å². The molecule has 0 aliphatic heterocycles. The van der Waals surface area contributed by atoms with Crippen LogP contribution < -0.4 is 11.3 Å². The number of hydrazine groups is 1. The summed E-state index contributed by atoms with van der Waals surface area (Å²) < 4.78 is 0. The molecule has 0 aliphatic rings. The molecule has 0 amide bonds. The lowest BCUT2D eigenvalue weighted by molar-refractivity contribution is 0.536. The van der Waals surface area contributed by atoms with Crippen molar-refractivity contribution < 1.29 is 0 Å². The van der Waals surface area contributed by atoms with E-state index < -0.39 is 0 Å². The van der Waals surface area contributed by atoms with Crippen LogP contribution in [0.15, 0.2) is 36.8 Å². The van der Waals surface area contributed by atoms with Crippen molar-refractivity contribution in [3.05, 3.63) is 58.1 Å². The summed E-state index contributed by atoms with van der Waals surface area (Å²) in [4.78, 5) is 8.24. The van der Waals surface area contributed by atoms with E-state index in [-0.39, 0.29) is 6.04 Å². The maximum atomic E-state index is 6.12. The molecule has 94 valence electrons. The molecule has 0 radical (unpaired) electrons. The van der Waals surface area contributed by atoms with Gasteiger partial charge in [0.1, 0.15) is 0 Å². The number of nitrogens with two attached hydrogens (primary N) is 1. The maximum Gasteiger partial charge on any atom is 0.0772 e. The van der Waals surface area contributed by atoms with Crippen molar-refractivity contribution in [2.24, 2.45) is 5.84 Å². The number of nitrogens with zero attached hydrogens (tertiary/aromatic N) is 2. The van der Waals surface area contributed by atoms with Crippen LogP contribution in [0, 0.1) is 0 Å². The number of rotatable bonds is 4. The van der Waals surface area contributed by atoms with E-state index in [1.807, 2.05) is 6.07 Å². The highest BCUT2D eigenvalue weighted by atomic mass is 35.5. The Morgan fingerprint density at radius 3 is 2.78 bits per heavy atom. The average molecular weight is 283 g/mol. The lowest BCUT2D eigenvalue weighted by Crippen LogP contribution is -2.30. The van der Waals surface area contributed by atoms with Crippen molar-refractivity contribution in [3.8, 4) is 0 Å². The normalized spacial score (nSPS) is 12.4. The number of nitrogens with one attached hydrogen (secondary N) is 1. The van der Waals surface area contributed by atoms with Crippen molar-refractivity contribution in [1.29, 1.82) is 0 Å². The zero-order chi connectivity index (χ0) is 13.0. The van der Waals surface area contributed by atoms with Crippen LogP contribution in [0.2, 0.25) is 10.0 Å². The largest absolute Gasteiger partial charge is 0.271 e. The second kappa shape index (κ2) is 6.11. The summed E-state index contributed by atoms with van der Waals surface area (Å²) >= 11 is 12.1. The summed E-state index contributed by atoms with van der Waals surface area (Å²) in [5.41, 5.74) is 4.38. The molecule has 0 saturated heterocycles. The Kier molecular flexibility index (Phi) is 4.49. The molecule has 1 unspecified atom stereocenters. The van der Waals surface area contributed by atoms with Gasteiger partial charge in [-0.1, -0.05) is 23.2 Å². The van der Waals surface area contributed by atoms with Gasteiger partial charge < -0.3 is 0 Å². The highest BCUT2D eigenvalue weighted by Gasteiger charge is 2.14. The summed E-state index contributed by atoms with van der Waals surface area (Å²) in [5.74, 6) is 5.55. The number of aromatic nitrogens is 2. The number of benzene rings is 1. The molecule has 4 nitrogen and oxygen atoms in total. The van der Waals surface area contributed by atoms with Crippen molar-refractivity contribution >= 4 is 23.2 Å². The molecule has 0 fully saturated rings. The Balaban J connectivity index is 2.23. The van der Waals surface area contributed by atoms with Crippen LogP contribution in [0.5, 0.6) is 0 Å². The Labute approximate surface area is 115 Å². The fraction of sp³-hybridized carbons (Fsp3) is 0.167. The Morgan fingerprint density at radius 1 is 1.28 bits per heavy atom. The average Bonchev–Trinajstić information content (AvgIpc) is 2.41. The molecule has 1 aromatic carbocycles. The molecule has 1 aromatic heterocycles. The van der Waals surface area contributed by atoms with Crippen LogP contribution in [0.25, 0.3) is 0 Å². The standard InChI is InChI=1S/C12H12Cl2N4/c13-9-1-2-10(14)8(5-9)6-11(18-15)12-7-16-3-4-17-12/h1-5,7,11,18H,6,15H2. The molecule has 1 atom stereocenters.